The Bertz CT molecular complexity index is 330. The van der Waals surface area contributed by atoms with Crippen molar-refractivity contribution in [1.29, 1.82) is 0 Å². The smallest absolute Gasteiger partial charge is 0.154 e. The molecule has 0 atom stereocenters. The lowest BCUT2D eigenvalue weighted by Crippen LogP contribution is -2.15. The Hall–Kier alpha value is -1.00. The fourth-order valence-corrected chi connectivity index (χ4v) is 1.93. The van der Waals surface area contributed by atoms with Crippen LogP contribution in [-0.4, -0.2) is 30.2 Å². The second-order valence-corrected chi connectivity index (χ2v) is 4.18. The van der Waals surface area contributed by atoms with Crippen molar-refractivity contribution in [1.82, 2.24) is 15.3 Å². The average molecular weight is 237 g/mol. The minimum Gasteiger partial charge on any atom is -0.377 e. The number of hydrogen-bond donors (Lipinski definition) is 1. The lowest BCUT2D eigenvalue weighted by molar-refractivity contribution is 0.177. The van der Waals surface area contributed by atoms with Gasteiger partial charge in [-0.25, -0.2) is 9.97 Å². The molecule has 4 nitrogen and oxygen atoms in total. The third kappa shape index (κ3) is 4.40. The zero-order valence-electron chi connectivity index (χ0n) is 11.3. The minimum atomic E-state index is 0.485. The Morgan fingerprint density at radius 1 is 1.18 bits per heavy atom. The average Bonchev–Trinajstić information content (AvgIpc) is 2.27. The number of nitrogens with one attached hydrogen (secondary N) is 1. The third-order valence-electron chi connectivity index (χ3n) is 2.77. The molecular weight excluding hydrogens is 214 g/mol. The summed E-state index contributed by atoms with van der Waals surface area (Å²) in [4.78, 5) is 8.93. The highest BCUT2D eigenvalue weighted by atomic mass is 16.5. The molecule has 0 amide bonds. The molecule has 4 heteroatoms. The van der Waals surface area contributed by atoms with Crippen molar-refractivity contribution >= 4 is 0 Å². The maximum absolute atomic E-state index is 5.06. The first-order chi connectivity index (χ1) is 8.19. The van der Waals surface area contributed by atoms with Gasteiger partial charge in [-0.15, -0.1) is 0 Å². The van der Waals surface area contributed by atoms with Crippen LogP contribution in [-0.2, 0) is 17.8 Å². The maximum Gasteiger partial charge on any atom is 0.154 e. The Kier molecular flexibility index (Phi) is 6.08. The molecule has 96 valence electrons. The summed E-state index contributed by atoms with van der Waals surface area (Å²) < 4.78 is 5.06. The van der Waals surface area contributed by atoms with E-state index in [1.165, 1.54) is 5.56 Å². The summed E-state index contributed by atoms with van der Waals surface area (Å²) in [5, 5.41) is 3.33. The number of ether oxygens (including phenoxy) is 1. The quantitative estimate of drug-likeness (QED) is 0.734. The van der Waals surface area contributed by atoms with Gasteiger partial charge in [0.25, 0.3) is 0 Å². The van der Waals surface area contributed by atoms with Crippen LogP contribution in [0.2, 0.25) is 0 Å². The molecular formula is C13H23N3O. The Balaban J connectivity index is 2.65. The van der Waals surface area contributed by atoms with Crippen molar-refractivity contribution in [2.24, 2.45) is 0 Å². The van der Waals surface area contributed by atoms with Crippen LogP contribution in [0.5, 0.6) is 0 Å². The molecule has 1 aromatic rings. The molecule has 0 saturated carbocycles. The molecule has 0 spiro atoms. The second kappa shape index (κ2) is 7.35. The SMILES string of the molecule is CCNCCCc1c(C)nc(COC)nc1C. The number of hydrogen-bond acceptors (Lipinski definition) is 4. The first-order valence-corrected chi connectivity index (χ1v) is 6.21. The van der Waals surface area contributed by atoms with Crippen LogP contribution in [0, 0.1) is 13.8 Å². The number of nitrogens with zero attached hydrogens (tertiary/aromatic N) is 2. The van der Waals surface area contributed by atoms with Gasteiger partial charge in [-0.1, -0.05) is 6.92 Å². The van der Waals surface area contributed by atoms with Crippen LogP contribution in [0.25, 0.3) is 0 Å². The van der Waals surface area contributed by atoms with Gasteiger partial charge in [-0.05, 0) is 45.3 Å². The summed E-state index contributed by atoms with van der Waals surface area (Å²) in [7, 11) is 1.67. The summed E-state index contributed by atoms with van der Waals surface area (Å²) in [6.07, 6.45) is 2.17. The highest BCUT2D eigenvalue weighted by molar-refractivity contribution is 5.24. The Morgan fingerprint density at radius 2 is 1.82 bits per heavy atom. The normalized spacial score (nSPS) is 10.8. The van der Waals surface area contributed by atoms with E-state index in [-0.39, 0.29) is 0 Å². The van der Waals surface area contributed by atoms with E-state index in [9.17, 15) is 0 Å². The van der Waals surface area contributed by atoms with Gasteiger partial charge < -0.3 is 10.1 Å². The molecule has 0 unspecified atom stereocenters. The molecule has 0 aliphatic heterocycles. The molecule has 0 aromatic carbocycles. The van der Waals surface area contributed by atoms with Crippen molar-refractivity contribution in [3.8, 4) is 0 Å². The third-order valence-corrected chi connectivity index (χ3v) is 2.77. The molecule has 1 aromatic heterocycles. The summed E-state index contributed by atoms with van der Waals surface area (Å²) >= 11 is 0. The molecule has 17 heavy (non-hydrogen) atoms. The highest BCUT2D eigenvalue weighted by Crippen LogP contribution is 2.12. The van der Waals surface area contributed by atoms with Crippen molar-refractivity contribution in [2.45, 2.75) is 40.2 Å². The Morgan fingerprint density at radius 3 is 2.35 bits per heavy atom. The number of aryl methyl sites for hydroxylation is 2. The van der Waals surface area contributed by atoms with E-state index in [1.807, 2.05) is 0 Å². The van der Waals surface area contributed by atoms with Crippen molar-refractivity contribution in [3.63, 3.8) is 0 Å². The number of methoxy groups -OCH3 is 1. The Labute approximate surface area is 104 Å². The largest absolute Gasteiger partial charge is 0.377 e. The fraction of sp³-hybridized carbons (Fsp3) is 0.692. The van der Waals surface area contributed by atoms with E-state index in [1.54, 1.807) is 7.11 Å². The molecule has 0 bridgehead atoms. The van der Waals surface area contributed by atoms with Gasteiger partial charge in [0.05, 0.1) is 0 Å². The van der Waals surface area contributed by atoms with E-state index in [4.69, 9.17) is 4.74 Å². The molecule has 0 aliphatic carbocycles. The molecule has 0 radical (unpaired) electrons. The van der Waals surface area contributed by atoms with Crippen LogP contribution in [0.3, 0.4) is 0 Å². The first-order valence-electron chi connectivity index (χ1n) is 6.21. The van der Waals surface area contributed by atoms with Crippen molar-refractivity contribution in [2.75, 3.05) is 20.2 Å². The summed E-state index contributed by atoms with van der Waals surface area (Å²) in [6, 6.07) is 0. The maximum atomic E-state index is 5.06. The fourth-order valence-electron chi connectivity index (χ4n) is 1.93. The van der Waals surface area contributed by atoms with E-state index >= 15 is 0 Å². The van der Waals surface area contributed by atoms with Gasteiger partial charge in [0.1, 0.15) is 6.61 Å². The van der Waals surface area contributed by atoms with Crippen LogP contribution in [0.15, 0.2) is 0 Å². The summed E-state index contributed by atoms with van der Waals surface area (Å²) in [5.74, 6) is 0.776. The number of aromatic nitrogens is 2. The van der Waals surface area contributed by atoms with Crippen LogP contribution >= 0.6 is 0 Å². The van der Waals surface area contributed by atoms with Crippen LogP contribution in [0.1, 0.15) is 36.1 Å². The molecule has 0 aliphatic rings. The van der Waals surface area contributed by atoms with Gasteiger partial charge in [-0.2, -0.15) is 0 Å². The highest BCUT2D eigenvalue weighted by Gasteiger charge is 2.07. The summed E-state index contributed by atoms with van der Waals surface area (Å²) in [6.45, 7) is 8.79. The number of rotatable bonds is 7. The predicted molar refractivity (Wildman–Crippen MR) is 69.1 cm³/mol. The summed E-state index contributed by atoms with van der Waals surface area (Å²) in [5.41, 5.74) is 3.45. The monoisotopic (exact) mass is 237 g/mol. The van der Waals surface area contributed by atoms with Gasteiger partial charge in [-0.3, -0.25) is 0 Å². The standard InChI is InChI=1S/C13H23N3O/c1-5-14-8-6-7-12-10(2)15-13(9-17-4)16-11(12)3/h14H,5-9H2,1-4H3. The van der Waals surface area contributed by atoms with Crippen LogP contribution < -0.4 is 5.32 Å². The van der Waals surface area contributed by atoms with Gasteiger partial charge in [0, 0.05) is 18.5 Å². The second-order valence-electron chi connectivity index (χ2n) is 4.18. The van der Waals surface area contributed by atoms with E-state index in [0.717, 1.165) is 43.1 Å². The molecule has 1 heterocycles. The van der Waals surface area contributed by atoms with Gasteiger partial charge in [0.15, 0.2) is 5.82 Å². The lowest BCUT2D eigenvalue weighted by Gasteiger charge is -2.10. The van der Waals surface area contributed by atoms with E-state index in [0.29, 0.717) is 6.61 Å². The van der Waals surface area contributed by atoms with E-state index < -0.39 is 0 Å². The molecule has 1 N–H and O–H groups in total. The van der Waals surface area contributed by atoms with Crippen molar-refractivity contribution in [3.05, 3.63) is 22.8 Å². The van der Waals surface area contributed by atoms with Gasteiger partial charge >= 0.3 is 0 Å². The molecule has 0 saturated heterocycles. The van der Waals surface area contributed by atoms with Crippen molar-refractivity contribution < 1.29 is 4.74 Å². The zero-order valence-corrected chi connectivity index (χ0v) is 11.3. The predicted octanol–water partition coefficient (Wildman–Crippen LogP) is 1.78. The topological polar surface area (TPSA) is 47.0 Å². The molecule has 0 fully saturated rings. The van der Waals surface area contributed by atoms with Crippen LogP contribution in [0.4, 0.5) is 0 Å². The molecule has 1 rings (SSSR count). The van der Waals surface area contributed by atoms with Gasteiger partial charge in [0.2, 0.25) is 0 Å². The minimum absolute atomic E-state index is 0.485. The first kappa shape index (κ1) is 14.1. The zero-order chi connectivity index (χ0) is 12.7. The van der Waals surface area contributed by atoms with E-state index in [2.05, 4.69) is 36.1 Å². The lowest BCUT2D eigenvalue weighted by atomic mass is 10.1.